The van der Waals surface area contributed by atoms with Crippen molar-refractivity contribution in [2.75, 3.05) is 39.3 Å². The molecule has 0 saturated carbocycles. The van der Waals surface area contributed by atoms with Gasteiger partial charge in [0.1, 0.15) is 17.0 Å². The Morgan fingerprint density at radius 1 is 1.03 bits per heavy atom. The van der Waals surface area contributed by atoms with E-state index >= 15 is 0 Å². The van der Waals surface area contributed by atoms with Crippen LogP contribution in [0.5, 0.6) is 0 Å². The number of piperazine rings is 1. The van der Waals surface area contributed by atoms with Crippen LogP contribution in [0.1, 0.15) is 10.4 Å². The first-order valence-electron chi connectivity index (χ1n) is 10.1. The lowest BCUT2D eigenvalue weighted by atomic mass is 10.2. The van der Waals surface area contributed by atoms with Crippen molar-refractivity contribution >= 4 is 26.9 Å². The molecule has 1 amide bonds. The summed E-state index contributed by atoms with van der Waals surface area (Å²) in [6.45, 7) is 2.39. The van der Waals surface area contributed by atoms with E-state index in [0.717, 1.165) is 12.1 Å². The summed E-state index contributed by atoms with van der Waals surface area (Å²) in [4.78, 5) is 26.6. The Kier molecular flexibility index (Phi) is 6.35. The molecule has 0 unspecified atom stereocenters. The number of carbonyl (C=O) groups excluding carboxylic acids is 1. The Morgan fingerprint density at radius 2 is 1.72 bits per heavy atom. The summed E-state index contributed by atoms with van der Waals surface area (Å²) in [6.07, 6.45) is 0. The van der Waals surface area contributed by atoms with E-state index in [1.54, 1.807) is 24.3 Å². The molecule has 8 nitrogen and oxygen atoms in total. The smallest absolute Gasteiger partial charge is 0.349 e. The number of para-hydroxylation sites is 1. The van der Waals surface area contributed by atoms with Crippen LogP contribution in [0.2, 0.25) is 0 Å². The van der Waals surface area contributed by atoms with Crippen molar-refractivity contribution in [1.29, 1.82) is 0 Å². The zero-order valence-electron chi connectivity index (χ0n) is 17.2. The van der Waals surface area contributed by atoms with Gasteiger partial charge < -0.3 is 9.73 Å². The van der Waals surface area contributed by atoms with Crippen LogP contribution >= 0.6 is 0 Å². The highest BCUT2D eigenvalue weighted by atomic mass is 32.2. The van der Waals surface area contributed by atoms with E-state index < -0.39 is 27.4 Å². The van der Waals surface area contributed by atoms with E-state index in [2.05, 4.69) is 5.32 Å². The highest BCUT2D eigenvalue weighted by Crippen LogP contribution is 2.18. The first kappa shape index (κ1) is 22.1. The molecule has 32 heavy (non-hydrogen) atoms. The van der Waals surface area contributed by atoms with Gasteiger partial charge in [0.25, 0.3) is 5.91 Å². The molecule has 1 fully saturated rings. The normalized spacial score (nSPS) is 15.7. The summed E-state index contributed by atoms with van der Waals surface area (Å²) in [7, 11) is -3.67. The first-order valence-corrected chi connectivity index (χ1v) is 11.6. The van der Waals surface area contributed by atoms with Crippen molar-refractivity contribution < 1.29 is 22.0 Å². The van der Waals surface area contributed by atoms with Crippen molar-refractivity contribution in [3.8, 4) is 0 Å². The van der Waals surface area contributed by atoms with Crippen LogP contribution in [-0.4, -0.2) is 62.8 Å². The quantitative estimate of drug-likeness (QED) is 0.563. The highest BCUT2D eigenvalue weighted by molar-refractivity contribution is 7.89. The van der Waals surface area contributed by atoms with E-state index in [-0.39, 0.29) is 10.5 Å². The van der Waals surface area contributed by atoms with Gasteiger partial charge in [0.2, 0.25) is 10.0 Å². The Balaban J connectivity index is 1.29. The van der Waals surface area contributed by atoms with Gasteiger partial charge in [0.15, 0.2) is 0 Å². The maximum absolute atomic E-state index is 13.1. The van der Waals surface area contributed by atoms with Gasteiger partial charge in [-0.3, -0.25) is 9.69 Å². The van der Waals surface area contributed by atoms with Crippen molar-refractivity contribution in [3.63, 3.8) is 0 Å². The topological polar surface area (TPSA) is 99.9 Å². The fourth-order valence-electron chi connectivity index (χ4n) is 3.59. The maximum atomic E-state index is 13.1. The van der Waals surface area contributed by atoms with E-state index in [1.165, 1.54) is 22.5 Å². The van der Waals surface area contributed by atoms with Crippen LogP contribution in [0.15, 0.2) is 68.7 Å². The molecule has 1 aliphatic heterocycles. The van der Waals surface area contributed by atoms with Gasteiger partial charge in [-0.25, -0.2) is 17.6 Å². The molecule has 1 aromatic heterocycles. The number of sulfonamides is 1. The molecule has 2 heterocycles. The summed E-state index contributed by atoms with van der Waals surface area (Å²) in [6, 6.07) is 13.2. The number of amides is 1. The number of hydrogen-bond donors (Lipinski definition) is 1. The molecule has 1 saturated heterocycles. The molecule has 168 valence electrons. The molecule has 0 bridgehead atoms. The molecule has 0 spiro atoms. The molecule has 10 heteroatoms. The lowest BCUT2D eigenvalue weighted by Gasteiger charge is -2.33. The Bertz CT molecular complexity index is 1280. The molecular weight excluding hydrogens is 437 g/mol. The van der Waals surface area contributed by atoms with E-state index in [1.807, 2.05) is 4.90 Å². The summed E-state index contributed by atoms with van der Waals surface area (Å²) in [5, 5.41) is 3.38. The van der Waals surface area contributed by atoms with Gasteiger partial charge in [-0.15, -0.1) is 0 Å². The second-order valence-electron chi connectivity index (χ2n) is 7.44. The van der Waals surface area contributed by atoms with E-state index in [0.29, 0.717) is 50.2 Å². The molecule has 1 N–H and O–H groups in total. The van der Waals surface area contributed by atoms with E-state index in [4.69, 9.17) is 4.42 Å². The van der Waals surface area contributed by atoms with Gasteiger partial charge >= 0.3 is 5.63 Å². The number of carbonyl (C=O) groups is 1. The highest BCUT2D eigenvalue weighted by Gasteiger charge is 2.28. The lowest BCUT2D eigenvalue weighted by Crippen LogP contribution is -2.50. The van der Waals surface area contributed by atoms with Crippen molar-refractivity contribution in [1.82, 2.24) is 14.5 Å². The molecule has 0 radical (unpaired) electrons. The average Bonchev–Trinajstić information content (AvgIpc) is 2.79. The fourth-order valence-corrected chi connectivity index (χ4v) is 5.01. The summed E-state index contributed by atoms with van der Waals surface area (Å²) in [5.74, 6) is -1.00. The summed E-state index contributed by atoms with van der Waals surface area (Å²) < 4.78 is 45.0. The third-order valence-corrected chi connectivity index (χ3v) is 7.30. The molecule has 2 aromatic carbocycles. The Morgan fingerprint density at radius 3 is 2.44 bits per heavy atom. The third kappa shape index (κ3) is 4.72. The number of hydrogen-bond acceptors (Lipinski definition) is 6. The third-order valence-electron chi connectivity index (χ3n) is 5.38. The van der Waals surface area contributed by atoms with Crippen LogP contribution in [-0.2, 0) is 10.0 Å². The summed E-state index contributed by atoms with van der Waals surface area (Å²) >= 11 is 0. The first-order chi connectivity index (χ1) is 15.3. The van der Waals surface area contributed by atoms with Crippen LogP contribution < -0.4 is 10.9 Å². The van der Waals surface area contributed by atoms with Gasteiger partial charge in [-0.1, -0.05) is 18.2 Å². The average molecular weight is 459 g/mol. The summed E-state index contributed by atoms with van der Waals surface area (Å²) in [5.41, 5.74) is -0.331. The van der Waals surface area contributed by atoms with Gasteiger partial charge in [-0.05, 0) is 36.4 Å². The van der Waals surface area contributed by atoms with Crippen molar-refractivity contribution in [2.24, 2.45) is 0 Å². The zero-order valence-corrected chi connectivity index (χ0v) is 18.0. The minimum Gasteiger partial charge on any atom is -0.422 e. The number of benzene rings is 2. The van der Waals surface area contributed by atoms with Gasteiger partial charge in [0.05, 0.1) is 4.90 Å². The van der Waals surface area contributed by atoms with Crippen molar-refractivity contribution in [2.45, 2.75) is 4.90 Å². The Labute approximate surface area is 184 Å². The molecule has 4 rings (SSSR count). The molecule has 0 aliphatic carbocycles. The monoisotopic (exact) mass is 459 g/mol. The zero-order chi connectivity index (χ0) is 22.7. The molecule has 1 aliphatic rings. The molecule has 3 aromatic rings. The minimum absolute atomic E-state index is 0.0566. The van der Waals surface area contributed by atoms with Crippen LogP contribution in [0.25, 0.3) is 11.0 Å². The standard InChI is InChI=1S/C22H22FN3O5S/c23-17-5-7-18(8-6-17)32(29,30)26-13-11-25(12-14-26)10-9-24-21(27)19-15-16-3-1-2-4-20(16)31-22(19)28/h1-8,15H,9-14H2,(H,24,27). The number of nitrogens with zero attached hydrogens (tertiary/aromatic N) is 2. The predicted octanol–water partition coefficient (Wildman–Crippen LogP) is 1.67. The van der Waals surface area contributed by atoms with Crippen LogP contribution in [0, 0.1) is 5.82 Å². The van der Waals surface area contributed by atoms with Crippen LogP contribution in [0.3, 0.4) is 0 Å². The predicted molar refractivity (Wildman–Crippen MR) is 116 cm³/mol. The second kappa shape index (κ2) is 9.19. The fraction of sp³-hybridized carbons (Fsp3) is 0.273. The number of nitrogens with one attached hydrogen (secondary N) is 1. The number of fused-ring (bicyclic) bond motifs is 1. The van der Waals surface area contributed by atoms with Gasteiger partial charge in [-0.2, -0.15) is 4.31 Å². The largest absolute Gasteiger partial charge is 0.422 e. The maximum Gasteiger partial charge on any atom is 0.349 e. The lowest BCUT2D eigenvalue weighted by molar-refractivity contribution is 0.0941. The minimum atomic E-state index is -3.67. The molecule has 0 atom stereocenters. The van der Waals surface area contributed by atoms with Crippen molar-refractivity contribution in [3.05, 3.63) is 76.4 Å². The number of halogens is 1. The Hall–Kier alpha value is -3.08. The second-order valence-corrected chi connectivity index (χ2v) is 9.38. The number of rotatable bonds is 6. The van der Waals surface area contributed by atoms with Gasteiger partial charge in [0, 0.05) is 44.7 Å². The van der Waals surface area contributed by atoms with E-state index in [9.17, 15) is 22.4 Å². The van der Waals surface area contributed by atoms with Crippen LogP contribution in [0.4, 0.5) is 4.39 Å². The molecular formula is C22H22FN3O5S. The SMILES string of the molecule is O=C(NCCN1CCN(S(=O)(=O)c2ccc(F)cc2)CC1)c1cc2ccccc2oc1=O.